The van der Waals surface area contributed by atoms with Crippen LogP contribution in [-0.4, -0.2) is 19.1 Å². The van der Waals surface area contributed by atoms with Gasteiger partial charge in [-0.1, -0.05) is 0 Å². The van der Waals surface area contributed by atoms with Crippen LogP contribution in [0.2, 0.25) is 0 Å². The second-order valence-electron chi connectivity index (χ2n) is 4.44. The summed E-state index contributed by atoms with van der Waals surface area (Å²) in [6.07, 6.45) is 9.05. The molecule has 4 nitrogen and oxygen atoms in total. The second-order valence-corrected chi connectivity index (χ2v) is 4.44. The van der Waals surface area contributed by atoms with Gasteiger partial charge < -0.3 is 9.13 Å². The van der Waals surface area contributed by atoms with Crippen LogP contribution < -0.4 is 0 Å². The Kier molecular flexibility index (Phi) is 5.93. The fourth-order valence-corrected chi connectivity index (χ4v) is 1.94. The topological polar surface area (TPSA) is 35.6 Å². The average Bonchev–Trinajstić information content (AvgIpc) is 3.05. The van der Waals surface area contributed by atoms with Crippen LogP contribution in [-0.2, 0) is 6.54 Å². The van der Waals surface area contributed by atoms with Gasteiger partial charge in [0.25, 0.3) is 0 Å². The molecule has 112 valence electrons. The molecule has 0 unspecified atom stereocenters. The molecule has 0 aliphatic rings. The summed E-state index contributed by atoms with van der Waals surface area (Å²) in [5.41, 5.74) is 2.46. The van der Waals surface area contributed by atoms with Gasteiger partial charge in [-0.3, -0.25) is 0 Å². The molecular weight excluding hydrogens is 314 g/mol. The molecule has 3 rings (SSSR count). The van der Waals surface area contributed by atoms with E-state index in [1.807, 2.05) is 21.5 Å². The van der Waals surface area contributed by atoms with Gasteiger partial charge >= 0.3 is 0 Å². The molecule has 0 radical (unpaired) electrons. The van der Waals surface area contributed by atoms with Crippen LogP contribution in [0.5, 0.6) is 0 Å². The molecule has 21 heavy (non-hydrogen) atoms. The minimum Gasteiger partial charge on any atom is -0.331 e. The monoisotopic (exact) mass is 328 g/mol. The van der Waals surface area contributed by atoms with Crippen molar-refractivity contribution in [2.45, 2.75) is 13.5 Å². The lowest BCUT2D eigenvalue weighted by molar-refractivity contribution is 0.618. The molecule has 0 amide bonds. The zero-order valence-corrected chi connectivity index (χ0v) is 12.9. The van der Waals surface area contributed by atoms with Crippen LogP contribution >= 0.6 is 24.8 Å². The van der Waals surface area contributed by atoms with Crippen LogP contribution in [0.25, 0.3) is 5.69 Å². The molecule has 2 aromatic heterocycles. The summed E-state index contributed by atoms with van der Waals surface area (Å²) in [7, 11) is 0. The average molecular weight is 329 g/mol. The Morgan fingerprint density at radius 3 is 2.67 bits per heavy atom. The summed E-state index contributed by atoms with van der Waals surface area (Å²) in [5.74, 6) is -0.192. The number of hydrogen-bond donors (Lipinski definition) is 0. The first-order chi connectivity index (χ1) is 9.22. The van der Waals surface area contributed by atoms with Crippen LogP contribution in [0.1, 0.15) is 11.3 Å². The lowest BCUT2D eigenvalue weighted by Gasteiger charge is -2.03. The maximum absolute atomic E-state index is 13.2. The molecule has 0 N–H and O–H groups in total. The van der Waals surface area contributed by atoms with Crippen molar-refractivity contribution in [3.05, 3.63) is 66.5 Å². The van der Waals surface area contributed by atoms with Gasteiger partial charge in [0.05, 0.1) is 24.9 Å². The van der Waals surface area contributed by atoms with E-state index < -0.39 is 0 Å². The number of aryl methyl sites for hydroxylation is 1. The Labute approximate surface area is 134 Å². The van der Waals surface area contributed by atoms with Crippen molar-refractivity contribution < 1.29 is 4.39 Å². The molecule has 0 fully saturated rings. The van der Waals surface area contributed by atoms with Gasteiger partial charge in [-0.25, -0.2) is 14.4 Å². The molecule has 0 bridgehead atoms. The third-order valence-corrected chi connectivity index (χ3v) is 2.98. The summed E-state index contributed by atoms with van der Waals surface area (Å²) in [4.78, 5) is 8.33. The lowest BCUT2D eigenvalue weighted by atomic mass is 10.2. The Hall–Kier alpha value is -1.85. The minimum atomic E-state index is -0.192. The molecule has 7 heteroatoms. The third-order valence-electron chi connectivity index (χ3n) is 2.98. The van der Waals surface area contributed by atoms with Crippen molar-refractivity contribution in [3.63, 3.8) is 0 Å². The summed E-state index contributed by atoms with van der Waals surface area (Å²) in [5, 5.41) is 0. The van der Waals surface area contributed by atoms with Gasteiger partial charge in [-0.2, -0.15) is 0 Å². The third kappa shape index (κ3) is 3.83. The van der Waals surface area contributed by atoms with Crippen molar-refractivity contribution in [3.8, 4) is 5.69 Å². The van der Waals surface area contributed by atoms with Crippen molar-refractivity contribution in [1.29, 1.82) is 0 Å². The highest BCUT2D eigenvalue weighted by molar-refractivity contribution is 5.85. The van der Waals surface area contributed by atoms with Crippen molar-refractivity contribution in [2.75, 3.05) is 0 Å². The van der Waals surface area contributed by atoms with E-state index in [4.69, 9.17) is 0 Å². The number of rotatable bonds is 3. The van der Waals surface area contributed by atoms with E-state index in [2.05, 4.69) is 9.97 Å². The zero-order valence-electron chi connectivity index (χ0n) is 11.3. The van der Waals surface area contributed by atoms with Gasteiger partial charge in [0.2, 0.25) is 0 Å². The maximum Gasteiger partial charge on any atom is 0.126 e. The highest BCUT2D eigenvalue weighted by Crippen LogP contribution is 2.14. The van der Waals surface area contributed by atoms with E-state index in [9.17, 15) is 4.39 Å². The van der Waals surface area contributed by atoms with Crippen molar-refractivity contribution >= 4 is 24.8 Å². The van der Waals surface area contributed by atoms with Gasteiger partial charge in [-0.15, -0.1) is 24.8 Å². The first-order valence-electron chi connectivity index (χ1n) is 5.97. The fourth-order valence-electron chi connectivity index (χ4n) is 1.94. The Morgan fingerprint density at radius 2 is 2.00 bits per heavy atom. The van der Waals surface area contributed by atoms with E-state index in [1.54, 1.807) is 37.9 Å². The predicted octanol–water partition coefficient (Wildman–Crippen LogP) is 3.41. The number of nitrogens with zero attached hydrogens (tertiary/aromatic N) is 4. The standard InChI is InChI=1S/C14H13FN4.2ClH/c1-11-6-13(2-3-14(11)15)19-8-12(17-10-19)7-18-5-4-16-9-18;;/h2-6,8-10H,7H2,1H3;2*1H. The molecule has 0 atom stereocenters. The van der Waals surface area contributed by atoms with Crippen molar-refractivity contribution in [1.82, 2.24) is 19.1 Å². The molecular formula is C14H15Cl2FN4. The quantitative estimate of drug-likeness (QED) is 0.738. The van der Waals surface area contributed by atoms with E-state index in [1.165, 1.54) is 6.07 Å². The number of hydrogen-bond acceptors (Lipinski definition) is 2. The van der Waals surface area contributed by atoms with Gasteiger partial charge in [0.1, 0.15) is 5.82 Å². The van der Waals surface area contributed by atoms with Gasteiger partial charge in [0, 0.05) is 24.3 Å². The highest BCUT2D eigenvalue weighted by Gasteiger charge is 2.04. The number of benzene rings is 1. The van der Waals surface area contributed by atoms with Crippen LogP contribution in [0.15, 0.2) is 49.4 Å². The normalized spacial score (nSPS) is 9.81. The number of aromatic nitrogens is 4. The lowest BCUT2D eigenvalue weighted by Crippen LogP contribution is -1.96. The smallest absolute Gasteiger partial charge is 0.126 e. The molecule has 0 aliphatic carbocycles. The van der Waals surface area contributed by atoms with Crippen LogP contribution in [0.4, 0.5) is 4.39 Å². The molecule has 3 aromatic rings. The number of halogens is 3. The molecule has 2 heterocycles. The fraction of sp³-hybridized carbons (Fsp3) is 0.143. The molecule has 0 saturated carbocycles. The molecule has 0 spiro atoms. The van der Waals surface area contributed by atoms with E-state index in [0.717, 1.165) is 11.4 Å². The largest absolute Gasteiger partial charge is 0.331 e. The zero-order chi connectivity index (χ0) is 13.2. The Balaban J connectivity index is 0.00000110. The minimum absolute atomic E-state index is 0. The maximum atomic E-state index is 13.2. The molecule has 0 saturated heterocycles. The number of imidazole rings is 2. The molecule has 1 aromatic carbocycles. The van der Waals surface area contributed by atoms with Crippen LogP contribution in [0, 0.1) is 12.7 Å². The summed E-state index contributed by atoms with van der Waals surface area (Å²) < 4.78 is 17.1. The Morgan fingerprint density at radius 1 is 1.19 bits per heavy atom. The second kappa shape index (κ2) is 7.24. The van der Waals surface area contributed by atoms with E-state index in [0.29, 0.717) is 12.1 Å². The van der Waals surface area contributed by atoms with E-state index in [-0.39, 0.29) is 30.6 Å². The Bertz CT molecular complexity index is 695. The van der Waals surface area contributed by atoms with Gasteiger partial charge in [0.15, 0.2) is 0 Å². The summed E-state index contributed by atoms with van der Waals surface area (Å²) >= 11 is 0. The van der Waals surface area contributed by atoms with Gasteiger partial charge in [-0.05, 0) is 30.7 Å². The van der Waals surface area contributed by atoms with E-state index >= 15 is 0 Å². The first-order valence-corrected chi connectivity index (χ1v) is 5.97. The summed E-state index contributed by atoms with van der Waals surface area (Å²) in [6.45, 7) is 2.43. The van der Waals surface area contributed by atoms with Crippen LogP contribution in [0.3, 0.4) is 0 Å². The molecule has 0 aliphatic heterocycles. The van der Waals surface area contributed by atoms with Crippen molar-refractivity contribution in [2.24, 2.45) is 0 Å². The highest BCUT2D eigenvalue weighted by atomic mass is 35.5. The summed E-state index contributed by atoms with van der Waals surface area (Å²) in [6, 6.07) is 5.02. The first kappa shape index (κ1) is 17.2. The predicted molar refractivity (Wildman–Crippen MR) is 84.1 cm³/mol. The SMILES string of the molecule is Cc1cc(-n2cnc(Cn3ccnc3)c2)ccc1F.Cl.Cl.